The van der Waals surface area contributed by atoms with Crippen LogP contribution in [0.1, 0.15) is 85.0 Å². The molecule has 0 radical (unpaired) electrons. The number of methoxy groups -OCH3 is 1. The van der Waals surface area contributed by atoms with Gasteiger partial charge in [-0.15, -0.1) is 11.3 Å². The Kier molecular flexibility index (Phi) is 12.5. The van der Waals surface area contributed by atoms with Gasteiger partial charge in [-0.1, -0.05) is 39.5 Å². The van der Waals surface area contributed by atoms with Crippen LogP contribution in [0.2, 0.25) is 0 Å². The van der Waals surface area contributed by atoms with Crippen molar-refractivity contribution in [2.45, 2.75) is 112 Å². The molecule has 292 valence electrons. The number of aryl methyl sites for hydroxylation is 1. The highest BCUT2D eigenvalue weighted by molar-refractivity contribution is 7.10. The average molecular weight is 761 g/mol. The summed E-state index contributed by atoms with van der Waals surface area (Å²) in [6.07, 6.45) is 3.89. The summed E-state index contributed by atoms with van der Waals surface area (Å²) >= 11 is 1.42. The third-order valence-corrected chi connectivity index (χ3v) is 10.8. The van der Waals surface area contributed by atoms with Crippen LogP contribution >= 0.6 is 11.3 Å². The monoisotopic (exact) mass is 760 g/mol. The van der Waals surface area contributed by atoms with Gasteiger partial charge < -0.3 is 24.1 Å². The van der Waals surface area contributed by atoms with E-state index in [1.165, 1.54) is 16.3 Å². The molecule has 4 atom stereocenters. The number of rotatable bonds is 7. The number of fused-ring (bicyclic) bond motifs is 6. The number of benzene rings is 1. The molecule has 2 N–H and O–H groups in total. The summed E-state index contributed by atoms with van der Waals surface area (Å²) < 4.78 is 19.7. The van der Waals surface area contributed by atoms with Crippen LogP contribution in [0.15, 0.2) is 46.9 Å². The Bertz CT molecular complexity index is 1950. The Labute approximate surface area is 323 Å². The number of aromatic nitrogens is 2. The van der Waals surface area contributed by atoms with Crippen LogP contribution in [0.25, 0.3) is 27.7 Å². The topological polar surface area (TPSA) is 136 Å². The minimum absolute atomic E-state index is 0.0952. The highest BCUT2D eigenvalue weighted by atomic mass is 32.1. The number of hydrazine groups is 1. The highest BCUT2D eigenvalue weighted by Crippen LogP contribution is 2.40. The number of nitrogens with one attached hydrogen (secondary N) is 2. The second kappa shape index (κ2) is 16.6. The van der Waals surface area contributed by atoms with E-state index in [1.807, 2.05) is 32.2 Å². The fourth-order valence-corrected chi connectivity index (χ4v) is 7.97. The van der Waals surface area contributed by atoms with Crippen molar-refractivity contribution in [2.75, 3.05) is 20.3 Å². The average Bonchev–Trinajstić information content (AvgIpc) is 3.70. The van der Waals surface area contributed by atoms with E-state index in [1.54, 1.807) is 34.1 Å². The first-order chi connectivity index (χ1) is 25.5. The normalized spacial score (nSPS) is 22.0. The molecular weight excluding hydrogens is 705 g/mol. The molecule has 12 nitrogen and oxygen atoms in total. The number of carbonyl (C=O) groups is 3. The highest BCUT2D eigenvalue weighted by Gasteiger charge is 2.39. The molecule has 2 amide bonds. The first-order valence-corrected chi connectivity index (χ1v) is 19.6. The first kappa shape index (κ1) is 40.8. The van der Waals surface area contributed by atoms with Gasteiger partial charge in [0, 0.05) is 65.7 Å². The smallest absolute Gasteiger partial charge is 0.408 e. The zero-order valence-corrected chi connectivity index (χ0v) is 34.2. The molecule has 3 aromatic rings. The maximum atomic E-state index is 14.1. The summed E-state index contributed by atoms with van der Waals surface area (Å²) in [7, 11) is 1.67. The molecule has 2 aliphatic rings. The van der Waals surface area contributed by atoms with Crippen molar-refractivity contribution in [1.82, 2.24) is 25.3 Å². The molecule has 6 bridgehead atoms. The number of esters is 1. The van der Waals surface area contributed by atoms with Crippen molar-refractivity contribution in [1.29, 1.82) is 0 Å². The fourth-order valence-electron chi connectivity index (χ4n) is 7.12. The van der Waals surface area contributed by atoms with E-state index in [2.05, 4.69) is 60.9 Å². The van der Waals surface area contributed by atoms with Gasteiger partial charge in [0.05, 0.1) is 34.8 Å². The second-order valence-corrected chi connectivity index (χ2v) is 16.9. The number of thiazole rings is 1. The van der Waals surface area contributed by atoms with Gasteiger partial charge in [0.25, 0.3) is 5.91 Å². The lowest BCUT2D eigenvalue weighted by atomic mass is 9.84. The molecule has 5 rings (SSSR count). The van der Waals surface area contributed by atoms with Gasteiger partial charge in [-0.25, -0.2) is 15.2 Å². The van der Waals surface area contributed by atoms with E-state index in [-0.39, 0.29) is 31.0 Å². The number of hydrogen-bond acceptors (Lipinski definition) is 10. The van der Waals surface area contributed by atoms with E-state index in [9.17, 15) is 14.4 Å². The third kappa shape index (κ3) is 8.96. The fraction of sp³-hybridized carbons (Fsp3) is 0.537. The van der Waals surface area contributed by atoms with Gasteiger partial charge >= 0.3 is 12.1 Å². The Balaban J connectivity index is 1.71. The largest absolute Gasteiger partial charge is 0.464 e. The number of allylic oxidation sites excluding steroid dienone is 2. The minimum Gasteiger partial charge on any atom is -0.464 e. The number of aliphatic imine (C=N–C) groups is 1. The zero-order chi connectivity index (χ0) is 39.5. The molecule has 0 aliphatic carbocycles. The van der Waals surface area contributed by atoms with E-state index < -0.39 is 35.2 Å². The molecule has 13 heteroatoms. The summed E-state index contributed by atoms with van der Waals surface area (Å²) in [5.74, 6) is -0.917. The van der Waals surface area contributed by atoms with Crippen LogP contribution in [0.4, 0.5) is 4.79 Å². The lowest BCUT2D eigenvalue weighted by Crippen LogP contribution is -2.62. The standard InChI is InChI=1S/C41H56N6O6S/c1-12-27(35(42-13-2)25(5)51-11)36-29-21-41(9,10)23-52-38(49)34-24(4)17-18-47(45-34)37(48)30(44-39(50)53-40(6,7)8)20-33-43-31(22-54-33)26-15-16-32(28(29)19-26)46(36)14-3/h12-13,15-16,19,22,24-25,30,34,45H,1,14,17-18,20-21,23H2,2-11H3,(H,44,50)/b35-27+,42-13-/t24-,25-,30-,34-/m0/s1. The van der Waals surface area contributed by atoms with Gasteiger partial charge in [-0.05, 0) is 78.0 Å². The molecule has 2 aromatic heterocycles. The Hall–Kier alpha value is -4.33. The third-order valence-electron chi connectivity index (χ3n) is 9.89. The Morgan fingerprint density at radius 3 is 2.69 bits per heavy atom. The van der Waals surface area contributed by atoms with Crippen molar-refractivity contribution in [3.05, 3.63) is 58.2 Å². The molecule has 4 heterocycles. The van der Waals surface area contributed by atoms with E-state index >= 15 is 0 Å². The van der Waals surface area contributed by atoms with Gasteiger partial charge in [-0.3, -0.25) is 19.6 Å². The SMILES string of the molecule is C=C/C(=C(\N=C/C)[C@H](C)OC)c1c2c3cc(ccc3n1CC)-c1csc(n1)C[C@H](NC(=O)OC(C)(C)C)C(=O)N1CC[C@H](C)[C@H](N1)C(=O)OCC(C)(C)C2. The summed E-state index contributed by atoms with van der Waals surface area (Å²) in [6.45, 7) is 22.9. The Morgan fingerprint density at radius 2 is 2.04 bits per heavy atom. The summed E-state index contributed by atoms with van der Waals surface area (Å²) in [5.41, 5.74) is 8.30. The zero-order valence-electron chi connectivity index (χ0n) is 33.4. The number of carbonyl (C=O) groups excluding carboxylic acids is 3. The lowest BCUT2D eigenvalue weighted by Gasteiger charge is -2.38. The molecule has 2 aliphatic heterocycles. The number of ether oxygens (including phenoxy) is 3. The molecular formula is C41H56N6O6S. The van der Waals surface area contributed by atoms with Crippen LogP contribution in [0, 0.1) is 11.3 Å². The van der Waals surface area contributed by atoms with Crippen molar-refractivity contribution in [3.8, 4) is 11.3 Å². The number of alkyl carbamates (subject to hydrolysis) is 1. The molecule has 0 unspecified atom stereocenters. The van der Waals surface area contributed by atoms with Crippen molar-refractivity contribution in [2.24, 2.45) is 16.3 Å². The maximum absolute atomic E-state index is 14.1. The number of hydrogen-bond donors (Lipinski definition) is 2. The van der Waals surface area contributed by atoms with Gasteiger partial charge in [0.2, 0.25) is 0 Å². The summed E-state index contributed by atoms with van der Waals surface area (Å²) in [4.78, 5) is 50.7. The van der Waals surface area contributed by atoms with Crippen molar-refractivity contribution < 1.29 is 28.6 Å². The summed E-state index contributed by atoms with van der Waals surface area (Å²) in [5, 5.41) is 7.91. The Morgan fingerprint density at radius 1 is 1.30 bits per heavy atom. The van der Waals surface area contributed by atoms with E-state index in [4.69, 9.17) is 24.2 Å². The number of cyclic esters (lactones) is 1. The van der Waals surface area contributed by atoms with Gasteiger partial charge in [0.1, 0.15) is 17.7 Å². The number of nitrogens with zero attached hydrogens (tertiary/aromatic N) is 4. The van der Waals surface area contributed by atoms with Crippen molar-refractivity contribution in [3.63, 3.8) is 0 Å². The molecule has 54 heavy (non-hydrogen) atoms. The molecule has 1 saturated heterocycles. The van der Waals surface area contributed by atoms with Crippen LogP contribution in [0.5, 0.6) is 0 Å². The van der Waals surface area contributed by atoms with Crippen LogP contribution in [0.3, 0.4) is 0 Å². The summed E-state index contributed by atoms with van der Waals surface area (Å²) in [6, 6.07) is 4.59. The van der Waals surface area contributed by atoms with E-state index in [0.29, 0.717) is 30.9 Å². The van der Waals surface area contributed by atoms with Crippen LogP contribution < -0.4 is 10.7 Å². The number of amides is 2. The van der Waals surface area contributed by atoms with E-state index in [0.717, 1.165) is 44.7 Å². The quantitative estimate of drug-likeness (QED) is 0.148. The van der Waals surface area contributed by atoms with Gasteiger partial charge in [0.15, 0.2) is 0 Å². The maximum Gasteiger partial charge on any atom is 0.408 e. The molecule has 1 fully saturated rings. The molecule has 0 spiro atoms. The van der Waals surface area contributed by atoms with Crippen molar-refractivity contribution >= 4 is 52.0 Å². The first-order valence-electron chi connectivity index (χ1n) is 18.7. The second-order valence-electron chi connectivity index (χ2n) is 15.9. The predicted molar refractivity (Wildman–Crippen MR) is 214 cm³/mol. The lowest BCUT2D eigenvalue weighted by molar-refractivity contribution is -0.157. The molecule has 0 saturated carbocycles. The van der Waals surface area contributed by atoms with Crippen LogP contribution in [-0.4, -0.2) is 82.8 Å². The van der Waals surface area contributed by atoms with Gasteiger partial charge in [-0.2, -0.15) is 0 Å². The van der Waals surface area contributed by atoms with Crippen LogP contribution in [-0.2, 0) is 43.2 Å². The predicted octanol–water partition coefficient (Wildman–Crippen LogP) is 7.11. The minimum atomic E-state index is -0.997. The molecule has 1 aromatic carbocycles.